The van der Waals surface area contributed by atoms with Crippen LogP contribution in [0.5, 0.6) is 0 Å². The molecule has 0 atom stereocenters. The Morgan fingerprint density at radius 3 is 2.67 bits per heavy atom. The molecule has 0 bridgehead atoms. The Labute approximate surface area is 123 Å². The van der Waals surface area contributed by atoms with Crippen molar-refractivity contribution in [2.45, 2.75) is 26.4 Å². The van der Waals surface area contributed by atoms with Crippen LogP contribution in [0.1, 0.15) is 19.4 Å². The van der Waals surface area contributed by atoms with Gasteiger partial charge in [0.25, 0.3) is 0 Å². The van der Waals surface area contributed by atoms with Crippen molar-refractivity contribution in [3.05, 3.63) is 59.9 Å². The van der Waals surface area contributed by atoms with Crippen LogP contribution < -0.4 is 5.32 Å². The minimum Gasteiger partial charge on any atom is -0.453 e. The van der Waals surface area contributed by atoms with E-state index in [-0.39, 0.29) is 5.82 Å². The number of nitrogens with one attached hydrogen (secondary N) is 1. The summed E-state index contributed by atoms with van der Waals surface area (Å²) in [5, 5.41) is 4.17. The van der Waals surface area contributed by atoms with Gasteiger partial charge < -0.3 is 9.73 Å². The molecule has 3 heteroatoms. The lowest BCUT2D eigenvalue weighted by Crippen LogP contribution is -2.21. The average Bonchev–Trinajstić information content (AvgIpc) is 2.91. The van der Waals surface area contributed by atoms with Crippen molar-refractivity contribution in [1.82, 2.24) is 5.32 Å². The predicted octanol–water partition coefficient (Wildman–Crippen LogP) is 4.74. The maximum absolute atomic E-state index is 13.7. The Hall–Kier alpha value is -2.13. The van der Waals surface area contributed by atoms with Gasteiger partial charge in [0.1, 0.15) is 5.76 Å². The zero-order valence-electron chi connectivity index (χ0n) is 12.2. The van der Waals surface area contributed by atoms with E-state index < -0.39 is 0 Å². The van der Waals surface area contributed by atoms with Gasteiger partial charge in [-0.1, -0.05) is 44.2 Å². The topological polar surface area (TPSA) is 25.2 Å². The molecule has 3 rings (SSSR count). The smallest absolute Gasteiger partial charge is 0.170 e. The Morgan fingerprint density at radius 2 is 1.90 bits per heavy atom. The fourth-order valence-corrected chi connectivity index (χ4v) is 2.33. The molecule has 0 saturated heterocycles. The molecule has 0 fully saturated rings. The van der Waals surface area contributed by atoms with Crippen LogP contribution in [0.15, 0.2) is 52.9 Å². The highest BCUT2D eigenvalue weighted by Gasteiger charge is 2.10. The molecule has 0 amide bonds. The van der Waals surface area contributed by atoms with Crippen LogP contribution in [0.4, 0.5) is 4.39 Å². The molecular weight excluding hydrogens is 265 g/mol. The highest BCUT2D eigenvalue weighted by molar-refractivity contribution is 5.83. The van der Waals surface area contributed by atoms with E-state index in [2.05, 4.69) is 31.3 Å². The van der Waals surface area contributed by atoms with Gasteiger partial charge in [0.05, 0.1) is 0 Å². The first-order valence-electron chi connectivity index (χ1n) is 7.14. The first-order valence-corrected chi connectivity index (χ1v) is 7.14. The SMILES string of the molecule is CC(C)NCc1cccc(-c2cc3cccc(F)c3o2)c1. The van der Waals surface area contributed by atoms with Gasteiger partial charge in [-0.3, -0.25) is 0 Å². The third-order valence-corrected chi connectivity index (χ3v) is 3.42. The van der Waals surface area contributed by atoms with E-state index in [4.69, 9.17) is 4.42 Å². The summed E-state index contributed by atoms with van der Waals surface area (Å²) in [7, 11) is 0. The molecule has 108 valence electrons. The molecule has 2 nitrogen and oxygen atoms in total. The third-order valence-electron chi connectivity index (χ3n) is 3.42. The lowest BCUT2D eigenvalue weighted by atomic mass is 10.1. The second kappa shape index (κ2) is 5.70. The number of halogens is 1. The van der Waals surface area contributed by atoms with Crippen LogP contribution in [-0.4, -0.2) is 6.04 Å². The van der Waals surface area contributed by atoms with Crippen LogP contribution in [0.3, 0.4) is 0 Å². The molecule has 1 heterocycles. The normalized spacial score (nSPS) is 11.4. The summed E-state index contributed by atoms with van der Waals surface area (Å²) in [6.07, 6.45) is 0. The van der Waals surface area contributed by atoms with E-state index in [0.29, 0.717) is 17.4 Å². The zero-order valence-corrected chi connectivity index (χ0v) is 12.2. The third kappa shape index (κ3) is 2.98. The van der Waals surface area contributed by atoms with Crippen LogP contribution in [0, 0.1) is 5.82 Å². The first kappa shape index (κ1) is 13.8. The second-order valence-electron chi connectivity index (χ2n) is 5.50. The van der Waals surface area contributed by atoms with Gasteiger partial charge in [-0.2, -0.15) is 0 Å². The number of fused-ring (bicyclic) bond motifs is 1. The first-order chi connectivity index (χ1) is 10.1. The number of furan rings is 1. The summed E-state index contributed by atoms with van der Waals surface area (Å²) in [6.45, 7) is 5.04. The molecule has 0 unspecified atom stereocenters. The molecule has 0 aliphatic rings. The predicted molar refractivity (Wildman–Crippen MR) is 83.6 cm³/mol. The molecule has 1 aromatic heterocycles. The Morgan fingerprint density at radius 1 is 1.10 bits per heavy atom. The largest absolute Gasteiger partial charge is 0.453 e. The highest BCUT2D eigenvalue weighted by Crippen LogP contribution is 2.29. The summed E-state index contributed by atoms with van der Waals surface area (Å²) in [4.78, 5) is 0. The molecule has 2 aromatic carbocycles. The summed E-state index contributed by atoms with van der Waals surface area (Å²) in [6, 6.07) is 15.4. The monoisotopic (exact) mass is 283 g/mol. The van der Waals surface area contributed by atoms with E-state index in [9.17, 15) is 4.39 Å². The van der Waals surface area contributed by atoms with E-state index in [1.54, 1.807) is 6.07 Å². The van der Waals surface area contributed by atoms with E-state index in [0.717, 1.165) is 17.5 Å². The fourth-order valence-electron chi connectivity index (χ4n) is 2.33. The van der Waals surface area contributed by atoms with Crippen LogP contribution >= 0.6 is 0 Å². The van der Waals surface area contributed by atoms with Crippen LogP contribution in [-0.2, 0) is 6.54 Å². The van der Waals surface area contributed by atoms with Crippen molar-refractivity contribution in [3.8, 4) is 11.3 Å². The molecule has 0 saturated carbocycles. The number of benzene rings is 2. The minimum absolute atomic E-state index is 0.318. The molecule has 3 aromatic rings. The van der Waals surface area contributed by atoms with Gasteiger partial charge in [-0.05, 0) is 23.8 Å². The van der Waals surface area contributed by atoms with Crippen molar-refractivity contribution in [1.29, 1.82) is 0 Å². The number of hydrogen-bond donors (Lipinski definition) is 1. The number of hydrogen-bond acceptors (Lipinski definition) is 2. The second-order valence-corrected chi connectivity index (χ2v) is 5.50. The lowest BCUT2D eigenvalue weighted by molar-refractivity contribution is 0.568. The van der Waals surface area contributed by atoms with Gasteiger partial charge in [-0.15, -0.1) is 0 Å². The number of rotatable bonds is 4. The van der Waals surface area contributed by atoms with Crippen LogP contribution in [0.2, 0.25) is 0 Å². The van der Waals surface area contributed by atoms with Crippen LogP contribution in [0.25, 0.3) is 22.3 Å². The van der Waals surface area contributed by atoms with Gasteiger partial charge in [-0.25, -0.2) is 4.39 Å². The molecule has 0 aliphatic heterocycles. The Balaban J connectivity index is 1.94. The number of para-hydroxylation sites is 1. The maximum atomic E-state index is 13.7. The van der Waals surface area contributed by atoms with E-state index in [1.165, 1.54) is 11.6 Å². The van der Waals surface area contributed by atoms with Gasteiger partial charge in [0.2, 0.25) is 0 Å². The molecule has 1 N–H and O–H groups in total. The summed E-state index contributed by atoms with van der Waals surface area (Å²) >= 11 is 0. The molecule has 0 radical (unpaired) electrons. The lowest BCUT2D eigenvalue weighted by Gasteiger charge is -2.08. The quantitative estimate of drug-likeness (QED) is 0.748. The minimum atomic E-state index is -0.323. The van der Waals surface area contributed by atoms with Crippen molar-refractivity contribution in [2.75, 3.05) is 0 Å². The van der Waals surface area contributed by atoms with Gasteiger partial charge in [0, 0.05) is 23.5 Å². The molecule has 0 aliphatic carbocycles. The van der Waals surface area contributed by atoms with Gasteiger partial charge >= 0.3 is 0 Å². The van der Waals surface area contributed by atoms with E-state index in [1.807, 2.05) is 24.3 Å². The summed E-state index contributed by atoms with van der Waals surface area (Å²) in [5.74, 6) is 0.373. The van der Waals surface area contributed by atoms with Crippen molar-refractivity contribution >= 4 is 11.0 Å². The van der Waals surface area contributed by atoms with Gasteiger partial charge in [0.15, 0.2) is 11.4 Å². The zero-order chi connectivity index (χ0) is 14.8. The Bertz CT molecular complexity index is 761. The molecule has 0 spiro atoms. The highest BCUT2D eigenvalue weighted by atomic mass is 19.1. The molecular formula is C18H18FNO. The van der Waals surface area contributed by atoms with Crippen molar-refractivity contribution < 1.29 is 8.81 Å². The molecule has 21 heavy (non-hydrogen) atoms. The maximum Gasteiger partial charge on any atom is 0.170 e. The Kier molecular flexibility index (Phi) is 3.76. The summed E-state index contributed by atoms with van der Waals surface area (Å²) in [5.41, 5.74) is 2.47. The van der Waals surface area contributed by atoms with Crippen molar-refractivity contribution in [2.24, 2.45) is 0 Å². The average molecular weight is 283 g/mol. The standard InChI is InChI=1S/C18H18FNO/c1-12(2)20-11-13-5-3-6-14(9-13)17-10-15-7-4-8-16(19)18(15)21-17/h3-10,12,20H,11H2,1-2H3. The fraction of sp³-hybridized carbons (Fsp3) is 0.222. The van der Waals surface area contributed by atoms with E-state index >= 15 is 0 Å². The van der Waals surface area contributed by atoms with Crippen molar-refractivity contribution in [3.63, 3.8) is 0 Å². The summed E-state index contributed by atoms with van der Waals surface area (Å²) < 4.78 is 19.4.